The van der Waals surface area contributed by atoms with Crippen LogP contribution in [-0.2, 0) is 5.41 Å². The lowest BCUT2D eigenvalue weighted by Crippen LogP contribution is -2.36. The first kappa shape index (κ1) is 20.5. The predicted molar refractivity (Wildman–Crippen MR) is 139 cm³/mol. The van der Waals surface area contributed by atoms with Crippen LogP contribution in [0.25, 0.3) is 0 Å². The summed E-state index contributed by atoms with van der Waals surface area (Å²) in [6.45, 7) is 2.24. The van der Waals surface area contributed by atoms with Crippen molar-refractivity contribution in [2.45, 2.75) is 30.6 Å². The van der Waals surface area contributed by atoms with Crippen LogP contribution in [0.2, 0.25) is 0 Å². The van der Waals surface area contributed by atoms with Gasteiger partial charge < -0.3 is 0 Å². The molecule has 3 aliphatic rings. The van der Waals surface area contributed by atoms with Crippen LogP contribution in [0.5, 0.6) is 0 Å². The van der Waals surface area contributed by atoms with Gasteiger partial charge in [0.25, 0.3) is 0 Å². The highest BCUT2D eigenvalue weighted by molar-refractivity contribution is 6.31. The second-order valence-electron chi connectivity index (χ2n) is 9.48. The quantitative estimate of drug-likeness (QED) is 0.379. The van der Waals surface area contributed by atoms with Gasteiger partial charge in [0, 0.05) is 22.8 Å². The summed E-state index contributed by atoms with van der Waals surface area (Å²) in [7, 11) is 0. The number of benzene rings is 3. The molecule has 3 aromatic carbocycles. The lowest BCUT2D eigenvalue weighted by Gasteiger charge is -2.40. The van der Waals surface area contributed by atoms with Crippen LogP contribution in [0, 0.1) is 12.8 Å². The van der Waals surface area contributed by atoms with E-state index in [1.807, 2.05) is 0 Å². The van der Waals surface area contributed by atoms with Crippen molar-refractivity contribution in [2.24, 2.45) is 5.92 Å². The number of rotatable bonds is 3. The van der Waals surface area contributed by atoms with Gasteiger partial charge in [0.05, 0.1) is 5.41 Å². The minimum absolute atomic E-state index is 0.221. The molecule has 0 fully saturated rings. The van der Waals surface area contributed by atoms with Gasteiger partial charge in [-0.25, -0.2) is 0 Å². The summed E-state index contributed by atoms with van der Waals surface area (Å²) in [6.07, 6.45) is 16.8. The molecule has 6 rings (SSSR count). The summed E-state index contributed by atoms with van der Waals surface area (Å²) in [6, 6.07) is 27.0. The molecule has 0 amide bonds. The molecule has 3 aliphatic carbocycles. The van der Waals surface area contributed by atoms with E-state index < -0.39 is 0 Å². The molecule has 0 saturated heterocycles. The van der Waals surface area contributed by atoms with Crippen molar-refractivity contribution >= 4 is 11.6 Å². The standard InChI is InChI=1S/C32H27Cl/c1-22-19-28(23-11-5-2-6-12-23)31-29(20-22)27-18-17-26(33)21-30(27)32(31,24-13-7-3-8-14-24)25-15-9-4-10-16-25/h2-11,13-21,23,27,30H,12H2,1H3. The van der Waals surface area contributed by atoms with Gasteiger partial charge in [0.2, 0.25) is 0 Å². The van der Waals surface area contributed by atoms with Crippen molar-refractivity contribution in [3.63, 3.8) is 0 Å². The minimum Gasteiger partial charge on any atom is -0.0847 e. The Morgan fingerprint density at radius 2 is 1.48 bits per heavy atom. The van der Waals surface area contributed by atoms with Gasteiger partial charge in [0.15, 0.2) is 0 Å². The Bertz CT molecular complexity index is 1270. The lowest BCUT2D eigenvalue weighted by atomic mass is 9.61. The molecule has 0 aliphatic heterocycles. The van der Waals surface area contributed by atoms with Gasteiger partial charge in [-0.1, -0.05) is 126 Å². The van der Waals surface area contributed by atoms with Crippen molar-refractivity contribution in [3.8, 4) is 0 Å². The summed E-state index contributed by atoms with van der Waals surface area (Å²) in [4.78, 5) is 0. The van der Waals surface area contributed by atoms with Gasteiger partial charge in [-0.15, -0.1) is 0 Å². The molecule has 0 spiro atoms. The normalized spacial score (nSPS) is 24.3. The monoisotopic (exact) mass is 446 g/mol. The van der Waals surface area contributed by atoms with E-state index in [9.17, 15) is 0 Å². The first-order chi connectivity index (χ1) is 16.2. The van der Waals surface area contributed by atoms with Crippen LogP contribution in [-0.4, -0.2) is 0 Å². The van der Waals surface area contributed by atoms with E-state index in [-0.39, 0.29) is 11.3 Å². The number of fused-ring (bicyclic) bond motifs is 3. The number of hydrogen-bond donors (Lipinski definition) is 0. The number of aryl methyl sites for hydroxylation is 1. The maximum atomic E-state index is 6.70. The van der Waals surface area contributed by atoms with Crippen LogP contribution in [0.15, 0.2) is 120 Å². The van der Waals surface area contributed by atoms with E-state index in [1.54, 1.807) is 0 Å². The highest BCUT2D eigenvalue weighted by Gasteiger charge is 2.54. The number of hydrogen-bond acceptors (Lipinski definition) is 0. The van der Waals surface area contributed by atoms with Gasteiger partial charge in [-0.05, 0) is 47.2 Å². The van der Waals surface area contributed by atoms with E-state index in [2.05, 4.69) is 122 Å². The van der Waals surface area contributed by atoms with Crippen LogP contribution in [0.1, 0.15) is 51.6 Å². The van der Waals surface area contributed by atoms with Gasteiger partial charge in [-0.3, -0.25) is 0 Å². The molecule has 0 nitrogen and oxygen atoms in total. The topological polar surface area (TPSA) is 0 Å². The third kappa shape index (κ3) is 3.12. The summed E-state index contributed by atoms with van der Waals surface area (Å²) in [5, 5.41) is 0.832. The maximum absolute atomic E-state index is 6.70. The summed E-state index contributed by atoms with van der Waals surface area (Å²) >= 11 is 6.70. The SMILES string of the molecule is Cc1cc(C2C=CC=CC2)c2c(c1)C1C=CC(Cl)=CC1C2(c1ccccc1)c1ccccc1. The molecule has 0 radical (unpaired) electrons. The van der Waals surface area contributed by atoms with Gasteiger partial charge in [0.1, 0.15) is 0 Å². The Morgan fingerprint density at radius 1 is 0.818 bits per heavy atom. The minimum atomic E-state index is -0.300. The van der Waals surface area contributed by atoms with E-state index in [0.29, 0.717) is 11.8 Å². The Hall–Kier alpha value is -3.09. The Balaban J connectivity index is 1.76. The number of allylic oxidation sites excluding steroid dienone is 8. The van der Waals surface area contributed by atoms with Crippen LogP contribution in [0.3, 0.4) is 0 Å². The average Bonchev–Trinajstić information content (AvgIpc) is 3.15. The third-order valence-corrected chi connectivity index (χ3v) is 7.88. The Labute approximate surface area is 201 Å². The lowest BCUT2D eigenvalue weighted by molar-refractivity contribution is 0.453. The smallest absolute Gasteiger partial charge is 0.0529 e. The molecule has 3 atom stereocenters. The molecule has 0 heterocycles. The van der Waals surface area contributed by atoms with Crippen LogP contribution >= 0.6 is 11.6 Å². The predicted octanol–water partition coefficient (Wildman–Crippen LogP) is 8.34. The molecule has 0 saturated carbocycles. The van der Waals surface area contributed by atoms with Crippen molar-refractivity contribution in [1.82, 2.24) is 0 Å². The molecule has 162 valence electrons. The van der Waals surface area contributed by atoms with Crippen molar-refractivity contribution in [3.05, 3.63) is 154 Å². The van der Waals surface area contributed by atoms with Crippen molar-refractivity contribution in [1.29, 1.82) is 0 Å². The first-order valence-electron chi connectivity index (χ1n) is 11.8. The van der Waals surface area contributed by atoms with Crippen LogP contribution in [0.4, 0.5) is 0 Å². The average molecular weight is 447 g/mol. The zero-order valence-corrected chi connectivity index (χ0v) is 19.5. The molecule has 0 bridgehead atoms. The molecule has 3 unspecified atom stereocenters. The molecule has 0 aromatic heterocycles. The first-order valence-corrected chi connectivity index (χ1v) is 12.2. The Morgan fingerprint density at radius 3 is 2.12 bits per heavy atom. The molecular weight excluding hydrogens is 420 g/mol. The zero-order chi connectivity index (χ0) is 22.4. The fourth-order valence-electron chi connectivity index (χ4n) is 6.41. The summed E-state index contributed by atoms with van der Waals surface area (Å²) in [5.41, 5.74) is 8.07. The van der Waals surface area contributed by atoms with Crippen LogP contribution < -0.4 is 0 Å². The third-order valence-electron chi connectivity index (χ3n) is 7.62. The van der Waals surface area contributed by atoms with Gasteiger partial charge >= 0.3 is 0 Å². The van der Waals surface area contributed by atoms with E-state index >= 15 is 0 Å². The highest BCUT2D eigenvalue weighted by Crippen LogP contribution is 2.62. The fraction of sp³-hybridized carbons (Fsp3) is 0.188. The van der Waals surface area contributed by atoms with Crippen molar-refractivity contribution in [2.75, 3.05) is 0 Å². The second kappa shape index (κ2) is 8.04. The fourth-order valence-corrected chi connectivity index (χ4v) is 6.62. The van der Waals surface area contributed by atoms with E-state index in [0.717, 1.165) is 11.5 Å². The van der Waals surface area contributed by atoms with Gasteiger partial charge in [-0.2, -0.15) is 0 Å². The summed E-state index contributed by atoms with van der Waals surface area (Å²) in [5.74, 6) is 0.891. The maximum Gasteiger partial charge on any atom is 0.0529 e. The zero-order valence-electron chi connectivity index (χ0n) is 18.8. The van der Waals surface area contributed by atoms with E-state index in [1.165, 1.54) is 33.4 Å². The Kier molecular flexibility index (Phi) is 5.00. The molecule has 0 N–H and O–H groups in total. The van der Waals surface area contributed by atoms with E-state index in [4.69, 9.17) is 11.6 Å². The van der Waals surface area contributed by atoms with Crippen molar-refractivity contribution < 1.29 is 0 Å². The molecule has 3 aromatic rings. The molecular formula is C32H27Cl. The summed E-state index contributed by atoms with van der Waals surface area (Å²) < 4.78 is 0. The largest absolute Gasteiger partial charge is 0.0847 e. The molecule has 1 heteroatoms. The second-order valence-corrected chi connectivity index (χ2v) is 9.91. The highest BCUT2D eigenvalue weighted by atomic mass is 35.5. The molecule has 33 heavy (non-hydrogen) atoms. The number of halogens is 1.